The van der Waals surface area contributed by atoms with Gasteiger partial charge in [-0.1, -0.05) is 24.6 Å². The number of piperidine rings is 1. The summed E-state index contributed by atoms with van der Waals surface area (Å²) >= 11 is 1.43. The van der Waals surface area contributed by atoms with Gasteiger partial charge in [-0.15, -0.1) is 11.3 Å². The summed E-state index contributed by atoms with van der Waals surface area (Å²) in [7, 11) is -3.60. The van der Waals surface area contributed by atoms with Crippen LogP contribution in [-0.2, 0) is 10.0 Å². The number of anilines is 2. The molecule has 1 aliphatic rings. The van der Waals surface area contributed by atoms with Crippen LogP contribution in [0.4, 0.5) is 11.4 Å². The number of fused-ring (bicyclic) bond motifs is 1. The molecule has 0 atom stereocenters. The molecule has 1 aliphatic heterocycles. The number of sulfonamides is 1. The zero-order valence-electron chi connectivity index (χ0n) is 18.5. The highest BCUT2D eigenvalue weighted by Crippen LogP contribution is 2.32. The molecule has 1 amide bonds. The van der Waals surface area contributed by atoms with E-state index in [4.69, 9.17) is 0 Å². The van der Waals surface area contributed by atoms with E-state index in [0.717, 1.165) is 48.1 Å². The van der Waals surface area contributed by atoms with Crippen molar-refractivity contribution in [2.45, 2.75) is 38.0 Å². The Morgan fingerprint density at radius 3 is 2.44 bits per heavy atom. The number of nitrogens with one attached hydrogen (secondary N) is 1. The minimum Gasteiger partial charge on any atom is -0.370 e. The van der Waals surface area contributed by atoms with Crippen LogP contribution >= 0.6 is 11.3 Å². The number of carbonyl (C=O) groups is 1. The average Bonchev–Trinajstić information content (AvgIpc) is 3.26. The van der Waals surface area contributed by atoms with E-state index in [9.17, 15) is 13.2 Å². The Morgan fingerprint density at radius 2 is 1.75 bits per heavy atom. The summed E-state index contributed by atoms with van der Waals surface area (Å²) in [5.74, 6) is -0.230. The third kappa shape index (κ3) is 4.53. The molecule has 170 valence electrons. The van der Waals surface area contributed by atoms with Crippen LogP contribution in [0.1, 0.15) is 42.8 Å². The third-order valence-corrected chi connectivity index (χ3v) is 8.93. The summed E-state index contributed by atoms with van der Waals surface area (Å²) in [6.07, 6.45) is 2.82. The second kappa shape index (κ2) is 9.60. The van der Waals surface area contributed by atoms with Gasteiger partial charge in [-0.2, -0.15) is 4.31 Å². The van der Waals surface area contributed by atoms with Crippen molar-refractivity contribution in [1.82, 2.24) is 4.31 Å². The van der Waals surface area contributed by atoms with Crippen molar-refractivity contribution in [2.24, 2.45) is 0 Å². The van der Waals surface area contributed by atoms with Gasteiger partial charge in [0.2, 0.25) is 10.0 Å². The molecule has 6 nitrogen and oxygen atoms in total. The Morgan fingerprint density at radius 1 is 1.03 bits per heavy atom. The molecule has 1 fully saturated rings. The van der Waals surface area contributed by atoms with Gasteiger partial charge in [0, 0.05) is 30.9 Å². The van der Waals surface area contributed by atoms with Gasteiger partial charge in [-0.25, -0.2) is 8.42 Å². The van der Waals surface area contributed by atoms with Gasteiger partial charge in [0.15, 0.2) is 0 Å². The lowest BCUT2D eigenvalue weighted by molar-refractivity contribution is 0.103. The van der Waals surface area contributed by atoms with Crippen LogP contribution in [0.3, 0.4) is 0 Å². The van der Waals surface area contributed by atoms with Gasteiger partial charge in [0.25, 0.3) is 5.91 Å². The predicted octanol–water partition coefficient (Wildman–Crippen LogP) is 5.17. The monoisotopic (exact) mass is 471 g/mol. The first-order valence-electron chi connectivity index (χ1n) is 11.1. The number of nitrogens with zero attached hydrogens (tertiary/aromatic N) is 2. The first-order valence-corrected chi connectivity index (χ1v) is 13.4. The SMILES string of the molecule is CCN(CC)c1ccc(S(=O)(=O)N2CCCCC2)cc1NC(=O)c1cc2ccccc2s1. The number of rotatable bonds is 7. The van der Waals surface area contributed by atoms with Crippen LogP contribution < -0.4 is 10.2 Å². The fraction of sp³-hybridized carbons (Fsp3) is 0.375. The molecule has 1 saturated heterocycles. The zero-order chi connectivity index (χ0) is 22.7. The number of hydrogen-bond donors (Lipinski definition) is 1. The van der Waals surface area contributed by atoms with Crippen LogP contribution in [0.2, 0.25) is 0 Å². The number of carbonyl (C=O) groups excluding carboxylic acids is 1. The lowest BCUT2D eigenvalue weighted by atomic mass is 10.2. The first kappa shape index (κ1) is 22.8. The normalized spacial score (nSPS) is 15.1. The number of hydrogen-bond acceptors (Lipinski definition) is 5. The van der Waals surface area contributed by atoms with Gasteiger partial charge in [-0.05, 0) is 62.4 Å². The van der Waals surface area contributed by atoms with Crippen LogP contribution in [0.25, 0.3) is 10.1 Å². The molecule has 2 heterocycles. The first-order chi connectivity index (χ1) is 15.4. The van der Waals surface area contributed by atoms with E-state index in [2.05, 4.69) is 10.2 Å². The number of thiophene rings is 1. The van der Waals surface area contributed by atoms with Crippen molar-refractivity contribution in [3.05, 3.63) is 53.4 Å². The maximum atomic E-state index is 13.2. The molecule has 4 rings (SSSR count). The van der Waals surface area contributed by atoms with E-state index in [-0.39, 0.29) is 10.8 Å². The van der Waals surface area contributed by atoms with Crippen molar-refractivity contribution >= 4 is 48.7 Å². The van der Waals surface area contributed by atoms with Crippen molar-refractivity contribution in [3.8, 4) is 0 Å². The van der Waals surface area contributed by atoms with Crippen LogP contribution in [0.5, 0.6) is 0 Å². The third-order valence-electron chi connectivity index (χ3n) is 5.92. The number of benzene rings is 2. The van der Waals surface area contributed by atoms with Crippen molar-refractivity contribution < 1.29 is 13.2 Å². The minimum atomic E-state index is -3.60. The molecule has 3 aromatic rings. The summed E-state index contributed by atoms with van der Waals surface area (Å²) in [5, 5.41) is 4.02. The fourth-order valence-corrected chi connectivity index (χ4v) is 6.65. The van der Waals surface area contributed by atoms with Crippen molar-refractivity contribution in [2.75, 3.05) is 36.4 Å². The molecule has 1 aromatic heterocycles. The molecule has 0 saturated carbocycles. The van der Waals surface area contributed by atoms with Gasteiger partial charge in [0.1, 0.15) is 0 Å². The van der Waals surface area contributed by atoms with Gasteiger partial charge < -0.3 is 10.2 Å². The molecule has 0 bridgehead atoms. The van der Waals surface area contributed by atoms with Crippen LogP contribution in [-0.4, -0.2) is 44.8 Å². The van der Waals surface area contributed by atoms with Gasteiger partial charge >= 0.3 is 0 Å². The molecule has 0 spiro atoms. The predicted molar refractivity (Wildman–Crippen MR) is 132 cm³/mol. The molecule has 0 unspecified atom stereocenters. The highest BCUT2D eigenvalue weighted by molar-refractivity contribution is 7.89. The van der Waals surface area contributed by atoms with E-state index >= 15 is 0 Å². The topological polar surface area (TPSA) is 69.7 Å². The maximum absolute atomic E-state index is 13.2. The number of amides is 1. The van der Waals surface area contributed by atoms with E-state index in [1.807, 2.05) is 50.2 Å². The molecular formula is C24H29N3O3S2. The lowest BCUT2D eigenvalue weighted by Crippen LogP contribution is -2.35. The second-order valence-corrected chi connectivity index (χ2v) is 10.9. The van der Waals surface area contributed by atoms with E-state index in [1.165, 1.54) is 11.3 Å². The summed E-state index contributed by atoms with van der Waals surface area (Å²) in [6.45, 7) is 6.67. The standard InChI is InChI=1S/C24H29N3O3S2/c1-3-26(4-2)21-13-12-19(32(29,30)27-14-8-5-9-15-27)17-20(21)25-24(28)23-16-18-10-6-7-11-22(18)31-23/h6-7,10-13,16-17H,3-5,8-9,14-15H2,1-2H3,(H,25,28). The largest absolute Gasteiger partial charge is 0.370 e. The quantitative estimate of drug-likeness (QED) is 0.516. The molecule has 0 aliphatic carbocycles. The van der Waals surface area contributed by atoms with E-state index in [0.29, 0.717) is 23.7 Å². The Balaban J connectivity index is 1.70. The molecule has 2 aromatic carbocycles. The zero-order valence-corrected chi connectivity index (χ0v) is 20.1. The van der Waals surface area contributed by atoms with Crippen LogP contribution in [0, 0.1) is 0 Å². The highest BCUT2D eigenvalue weighted by atomic mass is 32.2. The molecule has 1 N–H and O–H groups in total. The highest BCUT2D eigenvalue weighted by Gasteiger charge is 2.27. The van der Waals surface area contributed by atoms with Crippen molar-refractivity contribution in [1.29, 1.82) is 0 Å². The van der Waals surface area contributed by atoms with Gasteiger partial charge in [0.05, 0.1) is 21.1 Å². The Kier molecular flexibility index (Phi) is 6.83. The summed E-state index contributed by atoms with van der Waals surface area (Å²) in [4.78, 5) is 16.0. The smallest absolute Gasteiger partial charge is 0.265 e. The Hall–Kier alpha value is -2.42. The maximum Gasteiger partial charge on any atom is 0.265 e. The molecule has 0 radical (unpaired) electrons. The average molecular weight is 472 g/mol. The molecule has 8 heteroatoms. The summed E-state index contributed by atoms with van der Waals surface area (Å²) in [5.41, 5.74) is 1.34. The lowest BCUT2D eigenvalue weighted by Gasteiger charge is -2.28. The van der Waals surface area contributed by atoms with Gasteiger partial charge in [-0.3, -0.25) is 4.79 Å². The van der Waals surface area contributed by atoms with E-state index < -0.39 is 10.0 Å². The Bertz CT molecular complexity index is 1180. The van der Waals surface area contributed by atoms with Crippen LogP contribution in [0.15, 0.2) is 53.4 Å². The minimum absolute atomic E-state index is 0.224. The molecule has 32 heavy (non-hydrogen) atoms. The summed E-state index contributed by atoms with van der Waals surface area (Å²) in [6, 6.07) is 14.8. The second-order valence-electron chi connectivity index (χ2n) is 7.92. The molecular weight excluding hydrogens is 442 g/mol. The van der Waals surface area contributed by atoms with Crippen molar-refractivity contribution in [3.63, 3.8) is 0 Å². The summed E-state index contributed by atoms with van der Waals surface area (Å²) < 4.78 is 29.1. The fourth-order valence-electron chi connectivity index (χ4n) is 4.15. The van der Waals surface area contributed by atoms with E-state index in [1.54, 1.807) is 16.4 Å². The Labute approximate surface area is 193 Å².